The Bertz CT molecular complexity index is 247. The molecule has 1 aliphatic carbocycles. The Morgan fingerprint density at radius 2 is 2.36 bits per heavy atom. The van der Waals surface area contributed by atoms with Crippen LogP contribution in [0.3, 0.4) is 0 Å². The maximum absolute atomic E-state index is 10.8. The third-order valence-corrected chi connectivity index (χ3v) is 2.94. The van der Waals surface area contributed by atoms with Crippen LogP contribution in [0.25, 0.3) is 0 Å². The van der Waals surface area contributed by atoms with Gasteiger partial charge in [-0.15, -0.1) is 0 Å². The highest BCUT2D eigenvalue weighted by atomic mass is 16.4. The molecule has 4 heteroatoms. The van der Waals surface area contributed by atoms with E-state index in [2.05, 4.69) is 11.0 Å². The van der Waals surface area contributed by atoms with Crippen LogP contribution in [-0.4, -0.2) is 35.1 Å². The van der Waals surface area contributed by atoms with Crippen molar-refractivity contribution in [3.05, 3.63) is 0 Å². The molecule has 0 saturated heterocycles. The number of carboxylic acid groups (broad SMARTS) is 1. The second-order valence-corrected chi connectivity index (χ2v) is 3.63. The standard InChI is InChI=1S/C10H16N2O2/c1-2-12(7-3-6-11)9-5-4-8(9)10(13)14/h8-9H,2-5,7H2,1H3,(H,13,14). The number of aliphatic carboxylic acids is 1. The lowest BCUT2D eigenvalue weighted by Crippen LogP contribution is -2.50. The third kappa shape index (κ3) is 2.24. The second-order valence-electron chi connectivity index (χ2n) is 3.63. The van der Waals surface area contributed by atoms with E-state index in [4.69, 9.17) is 10.4 Å². The number of carboxylic acids is 1. The number of nitriles is 1. The molecule has 0 radical (unpaired) electrons. The maximum Gasteiger partial charge on any atom is 0.308 e. The van der Waals surface area contributed by atoms with E-state index in [1.165, 1.54) is 0 Å². The van der Waals surface area contributed by atoms with Crippen molar-refractivity contribution in [2.45, 2.75) is 32.2 Å². The van der Waals surface area contributed by atoms with E-state index in [-0.39, 0.29) is 12.0 Å². The third-order valence-electron chi connectivity index (χ3n) is 2.94. The van der Waals surface area contributed by atoms with Gasteiger partial charge in [-0.1, -0.05) is 6.92 Å². The second kappa shape index (κ2) is 4.97. The molecule has 0 aromatic rings. The number of carbonyl (C=O) groups is 1. The van der Waals surface area contributed by atoms with Gasteiger partial charge in [-0.05, 0) is 19.4 Å². The summed E-state index contributed by atoms with van der Waals surface area (Å²) in [5.41, 5.74) is 0. The summed E-state index contributed by atoms with van der Waals surface area (Å²) in [4.78, 5) is 12.9. The van der Waals surface area contributed by atoms with Gasteiger partial charge in [0.25, 0.3) is 0 Å². The molecule has 1 N–H and O–H groups in total. The summed E-state index contributed by atoms with van der Waals surface area (Å²) in [6, 6.07) is 2.25. The molecular formula is C10H16N2O2. The Morgan fingerprint density at radius 1 is 1.64 bits per heavy atom. The monoisotopic (exact) mass is 196 g/mol. The molecule has 2 atom stereocenters. The van der Waals surface area contributed by atoms with E-state index in [9.17, 15) is 4.79 Å². The number of hydrogen-bond donors (Lipinski definition) is 1. The molecule has 14 heavy (non-hydrogen) atoms. The first-order chi connectivity index (χ1) is 6.70. The van der Waals surface area contributed by atoms with E-state index < -0.39 is 5.97 Å². The Hall–Kier alpha value is -1.08. The lowest BCUT2D eigenvalue weighted by Gasteiger charge is -2.41. The molecule has 0 bridgehead atoms. The molecule has 1 fully saturated rings. The Morgan fingerprint density at radius 3 is 2.71 bits per heavy atom. The predicted molar refractivity (Wildman–Crippen MR) is 51.6 cm³/mol. The topological polar surface area (TPSA) is 64.3 Å². The first-order valence-corrected chi connectivity index (χ1v) is 5.04. The molecule has 0 amide bonds. The lowest BCUT2D eigenvalue weighted by molar-refractivity contribution is -0.148. The fourth-order valence-electron chi connectivity index (χ4n) is 1.96. The van der Waals surface area contributed by atoms with Gasteiger partial charge in [0.15, 0.2) is 0 Å². The maximum atomic E-state index is 10.8. The van der Waals surface area contributed by atoms with Crippen molar-refractivity contribution < 1.29 is 9.90 Å². The van der Waals surface area contributed by atoms with Crippen LogP contribution in [0, 0.1) is 17.2 Å². The van der Waals surface area contributed by atoms with Gasteiger partial charge in [0.1, 0.15) is 0 Å². The SMILES string of the molecule is CCN(CCC#N)C1CCC1C(=O)O. The van der Waals surface area contributed by atoms with Crippen molar-refractivity contribution in [2.24, 2.45) is 5.92 Å². The molecule has 78 valence electrons. The Balaban J connectivity index is 2.45. The van der Waals surface area contributed by atoms with Gasteiger partial charge in [-0.25, -0.2) is 0 Å². The van der Waals surface area contributed by atoms with Crippen molar-refractivity contribution in [1.82, 2.24) is 4.90 Å². The molecule has 2 unspecified atom stereocenters. The first-order valence-electron chi connectivity index (χ1n) is 5.04. The minimum absolute atomic E-state index is 0.158. The molecular weight excluding hydrogens is 180 g/mol. The van der Waals surface area contributed by atoms with Gasteiger partial charge >= 0.3 is 5.97 Å². The summed E-state index contributed by atoms with van der Waals surface area (Å²) in [5.74, 6) is -0.912. The molecule has 0 aromatic heterocycles. The normalized spacial score (nSPS) is 25.5. The van der Waals surface area contributed by atoms with Gasteiger partial charge in [0.2, 0.25) is 0 Å². The van der Waals surface area contributed by atoms with Crippen LogP contribution in [0.1, 0.15) is 26.2 Å². The Labute approximate surface area is 84.1 Å². The van der Waals surface area contributed by atoms with E-state index in [1.54, 1.807) is 0 Å². The average molecular weight is 196 g/mol. The summed E-state index contributed by atoms with van der Waals surface area (Å²) >= 11 is 0. The fraction of sp³-hybridized carbons (Fsp3) is 0.800. The highest BCUT2D eigenvalue weighted by Crippen LogP contribution is 2.32. The molecule has 0 aromatic carbocycles. The van der Waals surface area contributed by atoms with Crippen LogP contribution in [0.15, 0.2) is 0 Å². The number of rotatable bonds is 5. The van der Waals surface area contributed by atoms with Crippen molar-refractivity contribution in [2.75, 3.05) is 13.1 Å². The van der Waals surface area contributed by atoms with Crippen LogP contribution in [0.2, 0.25) is 0 Å². The minimum Gasteiger partial charge on any atom is -0.481 e. The first kappa shape index (κ1) is 11.0. The van der Waals surface area contributed by atoms with Crippen LogP contribution in [0.4, 0.5) is 0 Å². The number of hydrogen-bond acceptors (Lipinski definition) is 3. The predicted octanol–water partition coefficient (Wildman–Crippen LogP) is 1.09. The van der Waals surface area contributed by atoms with E-state index >= 15 is 0 Å². The van der Waals surface area contributed by atoms with Gasteiger partial charge in [-0.3, -0.25) is 9.69 Å². The molecule has 0 aliphatic heterocycles. The molecule has 0 heterocycles. The Kier molecular flexibility index (Phi) is 3.90. The average Bonchev–Trinajstić information content (AvgIpc) is 2.08. The molecule has 1 saturated carbocycles. The van der Waals surface area contributed by atoms with E-state index in [0.717, 1.165) is 19.4 Å². The minimum atomic E-state index is -0.698. The zero-order valence-electron chi connectivity index (χ0n) is 8.44. The van der Waals surface area contributed by atoms with Crippen LogP contribution < -0.4 is 0 Å². The van der Waals surface area contributed by atoms with Crippen molar-refractivity contribution in [3.8, 4) is 6.07 Å². The molecule has 1 rings (SSSR count). The molecule has 0 spiro atoms. The van der Waals surface area contributed by atoms with E-state index in [1.807, 2.05) is 6.92 Å². The van der Waals surface area contributed by atoms with Crippen molar-refractivity contribution in [3.63, 3.8) is 0 Å². The smallest absolute Gasteiger partial charge is 0.308 e. The van der Waals surface area contributed by atoms with Crippen LogP contribution in [0.5, 0.6) is 0 Å². The molecule has 1 aliphatic rings. The summed E-state index contributed by atoms with van der Waals surface area (Å²) in [7, 11) is 0. The van der Waals surface area contributed by atoms with Gasteiger partial charge in [0, 0.05) is 19.0 Å². The van der Waals surface area contributed by atoms with Crippen LogP contribution in [-0.2, 0) is 4.79 Å². The largest absolute Gasteiger partial charge is 0.481 e. The quantitative estimate of drug-likeness (QED) is 0.714. The highest BCUT2D eigenvalue weighted by molar-refractivity contribution is 5.72. The van der Waals surface area contributed by atoms with Gasteiger partial charge in [-0.2, -0.15) is 5.26 Å². The van der Waals surface area contributed by atoms with Crippen molar-refractivity contribution in [1.29, 1.82) is 5.26 Å². The highest BCUT2D eigenvalue weighted by Gasteiger charge is 2.39. The van der Waals surface area contributed by atoms with Crippen LogP contribution >= 0.6 is 0 Å². The lowest BCUT2D eigenvalue weighted by atomic mass is 9.78. The molecule has 4 nitrogen and oxygen atoms in total. The van der Waals surface area contributed by atoms with Gasteiger partial charge < -0.3 is 5.11 Å². The summed E-state index contributed by atoms with van der Waals surface area (Å²) < 4.78 is 0. The summed E-state index contributed by atoms with van der Waals surface area (Å²) in [6.07, 6.45) is 2.22. The van der Waals surface area contributed by atoms with Gasteiger partial charge in [0.05, 0.1) is 12.0 Å². The fourth-order valence-corrected chi connectivity index (χ4v) is 1.96. The van der Waals surface area contributed by atoms with Crippen molar-refractivity contribution >= 4 is 5.97 Å². The zero-order valence-corrected chi connectivity index (χ0v) is 8.44. The zero-order chi connectivity index (χ0) is 10.6. The summed E-state index contributed by atoms with van der Waals surface area (Å²) in [6.45, 7) is 3.53. The number of nitrogens with zero attached hydrogens (tertiary/aromatic N) is 2. The summed E-state index contributed by atoms with van der Waals surface area (Å²) in [5, 5.41) is 17.3. The van der Waals surface area contributed by atoms with E-state index in [0.29, 0.717) is 13.0 Å².